The molecule has 1 saturated heterocycles. The molecule has 4 aliphatic rings. The van der Waals surface area contributed by atoms with Gasteiger partial charge in [0.15, 0.2) is 0 Å². The molecule has 12 heteroatoms. The van der Waals surface area contributed by atoms with Gasteiger partial charge in [-0.05, 0) is 68.8 Å². The summed E-state index contributed by atoms with van der Waals surface area (Å²) in [4.78, 5) is 31.1. The number of benzene rings is 2. The first-order chi connectivity index (χ1) is 20.6. The number of nitrogens with one attached hydrogen (secondary N) is 2. The number of ether oxygens (including phenoxy) is 3. The molecule has 9 nitrogen and oxygen atoms in total. The predicted octanol–water partition coefficient (Wildman–Crippen LogP) is 4.91. The Hall–Kier alpha value is -4.32. The molecule has 0 spiro atoms. The number of piperidine rings is 1. The number of hydrogen-bond donors (Lipinski definition) is 2. The van der Waals surface area contributed by atoms with Crippen LogP contribution in [0.1, 0.15) is 52.2 Å². The zero-order chi connectivity index (χ0) is 29.9. The number of anilines is 1. The van der Waals surface area contributed by atoms with E-state index in [2.05, 4.69) is 20.5 Å². The van der Waals surface area contributed by atoms with Crippen LogP contribution in [0, 0.1) is 0 Å². The van der Waals surface area contributed by atoms with Gasteiger partial charge in [0.1, 0.15) is 41.0 Å². The number of aromatic nitrogens is 1. The number of rotatable bonds is 6. The molecule has 2 fully saturated rings. The van der Waals surface area contributed by atoms with E-state index in [1.807, 2.05) is 13.1 Å². The van der Waals surface area contributed by atoms with E-state index in [4.69, 9.17) is 14.2 Å². The van der Waals surface area contributed by atoms with Crippen LogP contribution in [0.2, 0.25) is 0 Å². The summed E-state index contributed by atoms with van der Waals surface area (Å²) in [5, 5.41) is 5.60. The van der Waals surface area contributed by atoms with Crippen molar-refractivity contribution in [1.29, 1.82) is 0 Å². The molecule has 3 atom stereocenters. The number of alkyl halides is 3. The minimum atomic E-state index is -4.68. The monoisotopic (exact) mass is 594 g/mol. The molecule has 1 aromatic heterocycles. The highest BCUT2D eigenvalue weighted by molar-refractivity contribution is 5.95. The Morgan fingerprint density at radius 3 is 2.70 bits per heavy atom. The van der Waals surface area contributed by atoms with Crippen molar-refractivity contribution in [3.8, 4) is 23.0 Å². The maximum Gasteiger partial charge on any atom is 0.419 e. The summed E-state index contributed by atoms with van der Waals surface area (Å²) in [6.45, 7) is 1.50. The van der Waals surface area contributed by atoms with E-state index >= 15 is 0 Å². The van der Waals surface area contributed by atoms with E-state index in [9.17, 15) is 22.8 Å². The maximum atomic E-state index is 14.0. The fourth-order valence-electron chi connectivity index (χ4n) is 6.07. The molecule has 1 aliphatic carbocycles. The average Bonchev–Trinajstić information content (AvgIpc) is 3.49. The normalized spacial score (nSPS) is 22.9. The van der Waals surface area contributed by atoms with Crippen molar-refractivity contribution < 1.29 is 37.0 Å². The molecule has 0 bridgehead atoms. The molecule has 4 heterocycles. The van der Waals surface area contributed by atoms with Gasteiger partial charge in [0.05, 0.1) is 17.5 Å². The summed E-state index contributed by atoms with van der Waals surface area (Å²) in [5.41, 5.74) is 0.604. The number of halogens is 3. The van der Waals surface area contributed by atoms with Gasteiger partial charge in [-0.15, -0.1) is 0 Å². The third-order valence-corrected chi connectivity index (χ3v) is 8.46. The van der Waals surface area contributed by atoms with Crippen molar-refractivity contribution in [3.63, 3.8) is 0 Å². The van der Waals surface area contributed by atoms with Gasteiger partial charge in [-0.1, -0.05) is 0 Å². The minimum absolute atomic E-state index is 0.0914. The zero-order valence-corrected chi connectivity index (χ0v) is 23.2. The molecular weight excluding hydrogens is 565 g/mol. The van der Waals surface area contributed by atoms with Gasteiger partial charge in [0, 0.05) is 42.4 Å². The lowest BCUT2D eigenvalue weighted by Gasteiger charge is -2.30. The first-order valence-corrected chi connectivity index (χ1v) is 14.3. The smallest absolute Gasteiger partial charge is 0.419 e. The highest BCUT2D eigenvalue weighted by Gasteiger charge is 2.59. The first kappa shape index (κ1) is 27.5. The quantitative estimate of drug-likeness (QED) is 0.418. The van der Waals surface area contributed by atoms with Crippen molar-refractivity contribution in [3.05, 3.63) is 70.9 Å². The van der Waals surface area contributed by atoms with Crippen LogP contribution in [-0.4, -0.2) is 60.1 Å². The van der Waals surface area contributed by atoms with Crippen molar-refractivity contribution in [2.75, 3.05) is 25.5 Å². The van der Waals surface area contributed by atoms with E-state index in [-0.39, 0.29) is 41.4 Å². The Labute approximate surface area is 245 Å². The Kier molecular flexibility index (Phi) is 6.68. The zero-order valence-electron chi connectivity index (χ0n) is 23.2. The second kappa shape index (κ2) is 10.4. The van der Waals surface area contributed by atoms with Crippen molar-refractivity contribution in [2.24, 2.45) is 0 Å². The number of nitrogens with zero attached hydrogens (tertiary/aromatic N) is 2. The Morgan fingerprint density at radius 1 is 1.09 bits per heavy atom. The first-order valence-electron chi connectivity index (χ1n) is 14.3. The summed E-state index contributed by atoms with van der Waals surface area (Å²) in [7, 11) is 1.96. The van der Waals surface area contributed by atoms with Gasteiger partial charge in [-0.25, -0.2) is 4.98 Å². The Bertz CT molecular complexity index is 1600. The van der Waals surface area contributed by atoms with E-state index in [0.717, 1.165) is 30.3 Å². The van der Waals surface area contributed by atoms with Gasteiger partial charge in [0.2, 0.25) is 5.91 Å². The summed E-state index contributed by atoms with van der Waals surface area (Å²) < 4.78 is 59.8. The van der Waals surface area contributed by atoms with Crippen LogP contribution < -0.4 is 24.8 Å². The Balaban J connectivity index is 1.04. The third-order valence-electron chi connectivity index (χ3n) is 8.46. The number of likely N-dealkylation sites (tertiary alicyclic amines) is 1. The predicted molar refractivity (Wildman–Crippen MR) is 149 cm³/mol. The van der Waals surface area contributed by atoms with Crippen molar-refractivity contribution in [2.45, 2.75) is 56.0 Å². The second-order valence-electron chi connectivity index (χ2n) is 11.4. The van der Waals surface area contributed by atoms with E-state index in [1.54, 1.807) is 24.4 Å². The number of amides is 2. The Morgan fingerprint density at radius 2 is 1.91 bits per heavy atom. The summed E-state index contributed by atoms with van der Waals surface area (Å²) in [5.74, 6) is 1.19. The number of hydrogen-bond acceptors (Lipinski definition) is 7. The lowest BCUT2D eigenvalue weighted by atomic mass is 10.1. The largest absolute Gasteiger partial charge is 0.490 e. The van der Waals surface area contributed by atoms with Gasteiger partial charge < -0.3 is 29.7 Å². The fourth-order valence-corrected chi connectivity index (χ4v) is 6.07. The summed E-state index contributed by atoms with van der Waals surface area (Å²) in [6.07, 6.45) is -1.60. The third kappa shape index (κ3) is 5.35. The van der Waals surface area contributed by atoms with Crippen molar-refractivity contribution >= 4 is 17.6 Å². The van der Waals surface area contributed by atoms with Gasteiger partial charge >= 0.3 is 6.18 Å². The highest BCUT2D eigenvalue weighted by atomic mass is 19.4. The van der Waals surface area contributed by atoms with Crippen LogP contribution in [0.5, 0.6) is 23.0 Å². The molecule has 3 aromatic rings. The number of pyridine rings is 1. The molecule has 0 radical (unpaired) electrons. The van der Waals surface area contributed by atoms with Gasteiger partial charge in [-0.3, -0.25) is 9.59 Å². The van der Waals surface area contributed by atoms with E-state index < -0.39 is 17.6 Å². The second-order valence-corrected chi connectivity index (χ2v) is 11.4. The maximum absolute atomic E-state index is 14.0. The minimum Gasteiger partial charge on any atom is -0.490 e. The average molecular weight is 595 g/mol. The summed E-state index contributed by atoms with van der Waals surface area (Å²) >= 11 is 0. The molecule has 43 heavy (non-hydrogen) atoms. The number of carbonyl (C=O) groups excluding carboxylic acids is 2. The lowest BCUT2D eigenvalue weighted by molar-refractivity contribution is -0.139. The summed E-state index contributed by atoms with van der Waals surface area (Å²) in [6, 6.07) is 10.2. The molecule has 2 N–H and O–H groups in total. The van der Waals surface area contributed by atoms with Crippen LogP contribution in [0.3, 0.4) is 0 Å². The van der Waals surface area contributed by atoms with Crippen molar-refractivity contribution in [1.82, 2.24) is 15.2 Å². The molecule has 2 aromatic carbocycles. The molecule has 1 saturated carbocycles. The molecule has 2 amide bonds. The fraction of sp³-hybridized carbons (Fsp3) is 0.387. The van der Waals surface area contributed by atoms with Gasteiger partial charge in [-0.2, -0.15) is 13.2 Å². The molecule has 3 unspecified atom stereocenters. The number of fused-ring (bicyclic) bond motifs is 4. The van der Waals surface area contributed by atoms with Crippen LogP contribution >= 0.6 is 0 Å². The molecule has 224 valence electrons. The van der Waals surface area contributed by atoms with E-state index in [0.29, 0.717) is 48.7 Å². The number of carbonyl (C=O) groups is 2. The van der Waals surface area contributed by atoms with Crippen LogP contribution in [0.15, 0.2) is 48.7 Å². The topological polar surface area (TPSA) is 102 Å². The van der Waals surface area contributed by atoms with Crippen LogP contribution in [0.4, 0.5) is 19.0 Å². The molecule has 7 rings (SSSR count). The molecular formula is C31H29F3N4O5. The molecule has 3 aliphatic heterocycles. The van der Waals surface area contributed by atoms with Crippen LogP contribution in [0.25, 0.3) is 0 Å². The SMILES string of the molecule is CN1CCC(Oc2ccc(C(=O)NC3C4Oc5ccc(Oc6ccnc7c6CCC(=O)N7)cc5C34)cc2C(F)(F)F)CC1. The lowest BCUT2D eigenvalue weighted by Crippen LogP contribution is -2.36. The standard InChI is InChI=1S/C31H29F3N4O5/c1-38-12-9-17(10-13-38)41-24-5-2-16(14-21(24)31(32,33)34)30(40)37-27-26-20-15-18(3-6-22(20)43-28(26)27)42-23-8-11-35-29-19(23)4-7-25(39)36-29/h2-3,5-6,8,11,14-15,17,26-28H,4,7,9-10,12-13H2,1H3,(H,37,40)(H,35,36,39). The van der Waals surface area contributed by atoms with Crippen LogP contribution in [-0.2, 0) is 17.4 Å². The highest BCUT2D eigenvalue weighted by Crippen LogP contribution is 2.55. The van der Waals surface area contributed by atoms with Gasteiger partial charge in [0.25, 0.3) is 5.91 Å². The van der Waals surface area contributed by atoms with E-state index in [1.165, 1.54) is 12.1 Å².